The van der Waals surface area contributed by atoms with Crippen LogP contribution in [0.3, 0.4) is 0 Å². The number of nitrogens with zero attached hydrogens (tertiary/aromatic N) is 2. The number of hydrogen-bond donors (Lipinski definition) is 6. The van der Waals surface area contributed by atoms with E-state index in [0.29, 0.717) is 43.7 Å². The summed E-state index contributed by atoms with van der Waals surface area (Å²) in [6.45, 7) is 15.3. The summed E-state index contributed by atoms with van der Waals surface area (Å²) < 4.78 is 53.6. The molecule has 3 amide bonds. The third-order valence-corrected chi connectivity index (χ3v) is 18.5. The largest absolute Gasteiger partial charge is 0.481 e. The number of amides is 3. The van der Waals surface area contributed by atoms with Crippen molar-refractivity contribution >= 4 is 62.6 Å². The Kier molecular flexibility index (Phi) is 27.7. The molecule has 0 bridgehead atoms. The van der Waals surface area contributed by atoms with Crippen LogP contribution in [0.2, 0.25) is 0 Å². The van der Waals surface area contributed by atoms with Gasteiger partial charge in [0.05, 0.1) is 42.9 Å². The Hall–Kier alpha value is -8.04. The van der Waals surface area contributed by atoms with Crippen LogP contribution in [-0.4, -0.2) is 133 Å². The standard InChI is InChI=1S/C74H95N5O14S/c1-7-9-17-42-78-63-29-15-13-27-59(63)73(3,4)66(78)39-33-54-24-20-25-55(34-40-67-74(5,6)60-28-14-16-30-64(60)79(67)43-18-19-48-94(88,89)90)69(54)93-58-36-31-53(32-37-58)49-56(70(83)84)51-65(81)62(50-52-22-11-10-12-23-52)76-68(82)41-45-92-47-46-91-44-21-26-57(80)35-38-61(71(85)86)77-72(87)75-8-2/h10-16,22-23,27-34,36-37,39-40,56,61-62H,7-9,17-21,24-26,35,38,41-51H2,1-6H3,(H5-,75,76,77,82,83,84,85,86,87,88,89,90)/p+1/t56-,61+,62+/m1/s1. The number of anilines is 1. The summed E-state index contributed by atoms with van der Waals surface area (Å²) in [5.41, 5.74) is 9.81. The first-order valence-corrected chi connectivity index (χ1v) is 34.8. The van der Waals surface area contributed by atoms with Crippen LogP contribution in [0.5, 0.6) is 5.75 Å². The van der Waals surface area contributed by atoms with E-state index in [2.05, 4.69) is 121 Å². The second-order valence-corrected chi connectivity index (χ2v) is 27.0. The quantitative estimate of drug-likeness (QED) is 0.0138. The smallest absolute Gasteiger partial charge is 0.326 e. The molecule has 3 aliphatic rings. The Bertz CT molecular complexity index is 3550. The summed E-state index contributed by atoms with van der Waals surface area (Å²) >= 11 is 0. The number of unbranched alkanes of at least 4 members (excludes halogenated alkanes) is 3. The molecule has 19 nitrogen and oxygen atoms in total. The summed E-state index contributed by atoms with van der Waals surface area (Å²) in [5, 5.41) is 27.7. The van der Waals surface area contributed by atoms with Crippen LogP contribution in [0, 0.1) is 5.92 Å². The van der Waals surface area contributed by atoms with E-state index in [-0.39, 0.29) is 88.3 Å². The number of allylic oxidation sites excluding steroid dienone is 7. The van der Waals surface area contributed by atoms with Crippen LogP contribution < -0.4 is 25.6 Å². The van der Waals surface area contributed by atoms with Gasteiger partial charge in [-0.2, -0.15) is 13.0 Å². The number of aliphatic carboxylic acids is 2. The number of fused-ring (bicyclic) bond motifs is 2. The zero-order valence-corrected chi connectivity index (χ0v) is 56.3. The fraction of sp³-hybridized carbons (Fsp3) is 0.473. The van der Waals surface area contributed by atoms with Crippen molar-refractivity contribution in [2.45, 2.75) is 167 Å². The lowest BCUT2D eigenvalue weighted by molar-refractivity contribution is -0.438. The first-order valence-electron chi connectivity index (χ1n) is 33.2. The molecule has 4 aromatic rings. The molecule has 506 valence electrons. The number of hydrogen-bond acceptors (Lipinski definition) is 12. The molecule has 0 radical (unpaired) electrons. The molecule has 2 heterocycles. The Morgan fingerprint density at radius 2 is 1.37 bits per heavy atom. The molecule has 7 rings (SSSR count). The minimum absolute atomic E-state index is 0.0133. The number of benzene rings is 4. The number of carboxylic acids is 2. The molecule has 0 saturated carbocycles. The Morgan fingerprint density at radius 3 is 2.07 bits per heavy atom. The highest BCUT2D eigenvalue weighted by Crippen LogP contribution is 2.48. The number of rotatable bonds is 39. The van der Waals surface area contributed by atoms with Gasteiger partial charge in [-0.05, 0) is 143 Å². The van der Waals surface area contributed by atoms with E-state index >= 15 is 0 Å². The van der Waals surface area contributed by atoms with E-state index in [1.165, 1.54) is 17.0 Å². The number of carboxylic acid groups (broad SMARTS) is 2. The lowest BCUT2D eigenvalue weighted by Crippen LogP contribution is -2.46. The molecular weight excluding hydrogens is 1210 g/mol. The van der Waals surface area contributed by atoms with Gasteiger partial charge < -0.3 is 45.3 Å². The van der Waals surface area contributed by atoms with Crippen molar-refractivity contribution in [1.82, 2.24) is 16.0 Å². The average molecular weight is 1310 g/mol. The average Bonchev–Trinajstić information content (AvgIpc) is 1.60. The fourth-order valence-electron chi connectivity index (χ4n) is 12.6. The summed E-state index contributed by atoms with van der Waals surface area (Å²) in [7, 11) is -4.10. The molecule has 4 aromatic carbocycles. The van der Waals surface area contributed by atoms with E-state index in [4.69, 9.17) is 14.2 Å². The van der Waals surface area contributed by atoms with Gasteiger partial charge in [-0.3, -0.25) is 23.7 Å². The molecule has 94 heavy (non-hydrogen) atoms. The molecule has 0 aromatic heterocycles. The Balaban J connectivity index is 1.03. The maximum Gasteiger partial charge on any atom is 0.326 e. The Labute approximate surface area is 554 Å². The van der Waals surface area contributed by atoms with Gasteiger partial charge in [0, 0.05) is 86.3 Å². The molecule has 6 N–H and O–H groups in total. The normalized spacial score (nSPS) is 16.8. The molecule has 0 unspecified atom stereocenters. The van der Waals surface area contributed by atoms with Gasteiger partial charge in [0.25, 0.3) is 10.1 Å². The number of ether oxygens (including phenoxy) is 3. The maximum absolute atomic E-state index is 14.2. The number of urea groups is 1. The summed E-state index contributed by atoms with van der Waals surface area (Å²) in [4.78, 5) is 78.5. The topological polar surface area (TPSA) is 267 Å². The van der Waals surface area contributed by atoms with Gasteiger partial charge in [-0.25, -0.2) is 9.59 Å². The summed E-state index contributed by atoms with van der Waals surface area (Å²) in [6.07, 6.45) is 15.6. The zero-order valence-electron chi connectivity index (χ0n) is 55.5. The van der Waals surface area contributed by atoms with Gasteiger partial charge >= 0.3 is 18.0 Å². The van der Waals surface area contributed by atoms with Crippen LogP contribution in [-0.2, 0) is 67.2 Å². The molecule has 0 saturated heterocycles. The highest BCUT2D eigenvalue weighted by atomic mass is 32.2. The predicted octanol–water partition coefficient (Wildman–Crippen LogP) is 11.9. The van der Waals surface area contributed by atoms with Crippen molar-refractivity contribution in [3.63, 3.8) is 0 Å². The van der Waals surface area contributed by atoms with Crippen molar-refractivity contribution in [3.05, 3.63) is 172 Å². The minimum atomic E-state index is -4.10. The highest BCUT2D eigenvalue weighted by Gasteiger charge is 2.44. The molecular formula is C74H96N5O14S+. The molecule has 3 atom stereocenters. The van der Waals surface area contributed by atoms with Crippen LogP contribution in [0.15, 0.2) is 150 Å². The van der Waals surface area contributed by atoms with Crippen molar-refractivity contribution in [2.75, 3.05) is 56.7 Å². The third kappa shape index (κ3) is 21.2. The SMILES string of the molecule is CCCCC[N+]1=C(C=CC2=C(Oc3ccc(C[C@H](CC(=O)[C@H](Cc4ccccc4)NC(=O)CCOCCOCCCC(=O)CC[C@H](NC(=O)NCC)C(=O)O)C(=O)O)cc3)C(=CC=C3N(CCCCS(=O)(=O)O)c4ccccc4C3(C)C)CCC2)C(C)(C)c2ccccc21. The van der Waals surface area contributed by atoms with Crippen molar-refractivity contribution < 1.29 is 70.7 Å². The number of carbonyl (C=O) groups excluding carboxylic acids is 4. The minimum Gasteiger partial charge on any atom is -0.481 e. The zero-order chi connectivity index (χ0) is 67.8. The first kappa shape index (κ1) is 73.4. The van der Waals surface area contributed by atoms with Crippen molar-refractivity contribution in [3.8, 4) is 5.75 Å². The van der Waals surface area contributed by atoms with Gasteiger partial charge in [-0.1, -0.05) is 112 Å². The van der Waals surface area contributed by atoms with Gasteiger partial charge in [0.15, 0.2) is 11.5 Å². The van der Waals surface area contributed by atoms with E-state index in [0.717, 1.165) is 84.5 Å². The van der Waals surface area contributed by atoms with Gasteiger partial charge in [0.1, 0.15) is 29.9 Å². The molecule has 2 aliphatic heterocycles. The number of para-hydroxylation sites is 2. The lowest BCUT2D eigenvalue weighted by atomic mass is 9.81. The molecule has 0 fully saturated rings. The van der Waals surface area contributed by atoms with E-state index in [1.54, 1.807) is 6.92 Å². The first-order chi connectivity index (χ1) is 45.0. The molecule has 20 heteroatoms. The number of ketones is 2. The Morgan fingerprint density at radius 1 is 0.681 bits per heavy atom. The summed E-state index contributed by atoms with van der Waals surface area (Å²) in [5.74, 6) is -3.54. The predicted molar refractivity (Wildman–Crippen MR) is 364 cm³/mol. The maximum atomic E-state index is 14.2. The van der Waals surface area contributed by atoms with Gasteiger partial charge in [0.2, 0.25) is 11.6 Å². The van der Waals surface area contributed by atoms with Crippen molar-refractivity contribution in [1.29, 1.82) is 0 Å². The van der Waals surface area contributed by atoms with Crippen molar-refractivity contribution in [2.24, 2.45) is 5.92 Å². The lowest BCUT2D eigenvalue weighted by Gasteiger charge is -2.27. The second-order valence-electron chi connectivity index (χ2n) is 25.5. The van der Waals surface area contributed by atoms with Gasteiger partial charge in [-0.15, -0.1) is 0 Å². The summed E-state index contributed by atoms with van der Waals surface area (Å²) in [6, 6.07) is 30.6. The number of nitrogens with one attached hydrogen (secondary N) is 3. The monoisotopic (exact) mass is 1310 g/mol. The molecule has 1 aliphatic carbocycles. The van der Waals surface area contributed by atoms with E-state index in [1.807, 2.05) is 66.7 Å². The van der Waals surface area contributed by atoms with Crippen LogP contribution >= 0.6 is 0 Å². The van der Waals surface area contributed by atoms with Crippen LogP contribution in [0.1, 0.15) is 154 Å². The fourth-order valence-corrected chi connectivity index (χ4v) is 13.1. The highest BCUT2D eigenvalue weighted by molar-refractivity contribution is 7.85. The number of carbonyl (C=O) groups is 6. The molecule has 0 spiro atoms. The number of Topliss-reactive ketones (excluding diaryl/α,β-unsaturated/α-hetero) is 2. The van der Waals surface area contributed by atoms with E-state index in [9.17, 15) is 52.0 Å². The second kappa shape index (κ2) is 35.5. The third-order valence-electron chi connectivity index (χ3n) is 17.6. The van der Waals surface area contributed by atoms with Crippen LogP contribution in [0.25, 0.3) is 0 Å². The van der Waals surface area contributed by atoms with E-state index < -0.39 is 63.2 Å². The van der Waals surface area contributed by atoms with Crippen LogP contribution in [0.4, 0.5) is 16.2 Å².